The molecule has 114 valence electrons. The number of hydrogen-bond acceptors (Lipinski definition) is 3. The van der Waals surface area contributed by atoms with E-state index >= 15 is 0 Å². The minimum atomic E-state index is 0.179. The van der Waals surface area contributed by atoms with Crippen molar-refractivity contribution in [2.45, 2.75) is 31.7 Å². The largest absolute Gasteiger partial charge is 0.497 e. The molecule has 3 rings (SSSR count). The van der Waals surface area contributed by atoms with E-state index in [2.05, 4.69) is 17.1 Å². The summed E-state index contributed by atoms with van der Waals surface area (Å²) in [6, 6.07) is 14.1. The van der Waals surface area contributed by atoms with Gasteiger partial charge < -0.3 is 4.74 Å². The lowest BCUT2D eigenvalue weighted by Crippen LogP contribution is -2.33. The molecular formula is C18H20N2O2. The number of methoxy groups -OCH3 is 1. The molecule has 0 radical (unpaired) electrons. The summed E-state index contributed by atoms with van der Waals surface area (Å²) in [6.45, 7) is 0. The van der Waals surface area contributed by atoms with Gasteiger partial charge in [-0.05, 0) is 49.1 Å². The molecule has 2 heterocycles. The third kappa shape index (κ3) is 3.11. The quantitative estimate of drug-likeness (QED) is 0.851. The number of carbonyl (C=O) groups excluding carboxylic acids is 1. The smallest absolute Gasteiger partial charge is 0.228 e. The van der Waals surface area contributed by atoms with Gasteiger partial charge in [-0.1, -0.05) is 18.2 Å². The molecular weight excluding hydrogens is 276 g/mol. The van der Waals surface area contributed by atoms with Gasteiger partial charge in [0.1, 0.15) is 11.6 Å². The second kappa shape index (κ2) is 6.60. The van der Waals surface area contributed by atoms with Crippen LogP contribution in [0.4, 0.5) is 5.82 Å². The van der Waals surface area contributed by atoms with Crippen molar-refractivity contribution < 1.29 is 9.53 Å². The predicted molar refractivity (Wildman–Crippen MR) is 86.1 cm³/mol. The zero-order valence-electron chi connectivity index (χ0n) is 12.7. The lowest BCUT2D eigenvalue weighted by atomic mass is 10.0. The summed E-state index contributed by atoms with van der Waals surface area (Å²) in [7, 11) is 1.67. The summed E-state index contributed by atoms with van der Waals surface area (Å²) in [5.74, 6) is 1.82. The minimum absolute atomic E-state index is 0.179. The van der Waals surface area contributed by atoms with Gasteiger partial charge in [-0.25, -0.2) is 4.98 Å². The number of aryl methyl sites for hydroxylation is 1. The van der Waals surface area contributed by atoms with Crippen molar-refractivity contribution in [3.8, 4) is 5.75 Å². The van der Waals surface area contributed by atoms with Crippen molar-refractivity contribution >= 4 is 11.7 Å². The zero-order valence-corrected chi connectivity index (χ0v) is 12.7. The standard InChI is InChI=1S/C18H20N2O2/c1-22-16-10-6-14(7-11-16)5-8-15-9-12-18(21)20(15)17-4-2-3-13-19-17/h2-4,6-7,10-11,13,15H,5,8-9,12H2,1H3/t15-/m0/s1. The lowest BCUT2D eigenvalue weighted by Gasteiger charge is -2.23. The number of rotatable bonds is 5. The summed E-state index contributed by atoms with van der Waals surface area (Å²) in [5, 5.41) is 0. The van der Waals surface area contributed by atoms with Crippen molar-refractivity contribution in [1.29, 1.82) is 0 Å². The normalized spacial score (nSPS) is 17.8. The zero-order chi connectivity index (χ0) is 15.4. The molecule has 0 spiro atoms. The first-order valence-corrected chi connectivity index (χ1v) is 7.64. The fraction of sp³-hybridized carbons (Fsp3) is 0.333. The lowest BCUT2D eigenvalue weighted by molar-refractivity contribution is -0.117. The number of carbonyl (C=O) groups is 1. The molecule has 2 aromatic rings. The van der Waals surface area contributed by atoms with Crippen LogP contribution in [0.5, 0.6) is 5.75 Å². The molecule has 0 N–H and O–H groups in total. The SMILES string of the molecule is COc1ccc(CC[C@H]2CCC(=O)N2c2ccccn2)cc1. The van der Waals surface area contributed by atoms with Gasteiger partial charge in [0, 0.05) is 18.7 Å². The van der Waals surface area contributed by atoms with Gasteiger partial charge in [0.25, 0.3) is 0 Å². The van der Waals surface area contributed by atoms with Crippen molar-refractivity contribution in [2.75, 3.05) is 12.0 Å². The summed E-state index contributed by atoms with van der Waals surface area (Å²) in [5.41, 5.74) is 1.26. The Morgan fingerprint density at radius 1 is 1.23 bits per heavy atom. The molecule has 4 nitrogen and oxygen atoms in total. The average Bonchev–Trinajstić information content (AvgIpc) is 2.95. The first-order valence-electron chi connectivity index (χ1n) is 7.64. The molecule has 22 heavy (non-hydrogen) atoms. The summed E-state index contributed by atoms with van der Waals surface area (Å²) in [6.07, 6.45) is 5.16. The molecule has 1 aromatic carbocycles. The highest BCUT2D eigenvalue weighted by molar-refractivity contribution is 5.95. The van der Waals surface area contributed by atoms with Crippen molar-refractivity contribution in [3.05, 3.63) is 54.2 Å². The van der Waals surface area contributed by atoms with Crippen LogP contribution in [-0.4, -0.2) is 24.0 Å². The Hall–Kier alpha value is -2.36. The van der Waals surface area contributed by atoms with Gasteiger partial charge in [-0.3, -0.25) is 9.69 Å². The Balaban J connectivity index is 1.67. The van der Waals surface area contributed by atoms with Crippen molar-refractivity contribution in [2.24, 2.45) is 0 Å². The van der Waals surface area contributed by atoms with Crippen LogP contribution in [0.15, 0.2) is 48.7 Å². The van der Waals surface area contributed by atoms with Crippen LogP contribution in [0, 0.1) is 0 Å². The molecule has 0 aliphatic carbocycles. The van der Waals surface area contributed by atoms with Crippen LogP contribution in [-0.2, 0) is 11.2 Å². The number of aromatic nitrogens is 1. The highest BCUT2D eigenvalue weighted by Crippen LogP contribution is 2.27. The topological polar surface area (TPSA) is 42.4 Å². The Kier molecular flexibility index (Phi) is 4.37. The van der Waals surface area contributed by atoms with Crippen LogP contribution in [0.2, 0.25) is 0 Å². The number of nitrogens with zero attached hydrogens (tertiary/aromatic N) is 2. The maximum Gasteiger partial charge on any atom is 0.228 e. The maximum absolute atomic E-state index is 12.1. The molecule has 1 aromatic heterocycles. The van der Waals surface area contributed by atoms with E-state index in [9.17, 15) is 4.79 Å². The van der Waals surface area contributed by atoms with Crippen LogP contribution < -0.4 is 9.64 Å². The monoisotopic (exact) mass is 296 g/mol. The van der Waals surface area contributed by atoms with Gasteiger partial charge in [0.15, 0.2) is 0 Å². The summed E-state index contributed by atoms with van der Waals surface area (Å²) < 4.78 is 5.17. The first-order chi connectivity index (χ1) is 10.8. The number of hydrogen-bond donors (Lipinski definition) is 0. The van der Waals surface area contributed by atoms with Crippen LogP contribution in [0.25, 0.3) is 0 Å². The number of benzene rings is 1. The second-order valence-electron chi connectivity index (χ2n) is 5.53. The molecule has 1 amide bonds. The molecule has 1 aliphatic rings. The van der Waals surface area contributed by atoms with Crippen LogP contribution in [0.1, 0.15) is 24.8 Å². The molecule has 1 saturated heterocycles. The van der Waals surface area contributed by atoms with Crippen molar-refractivity contribution in [1.82, 2.24) is 4.98 Å². The Morgan fingerprint density at radius 3 is 2.73 bits per heavy atom. The third-order valence-corrected chi connectivity index (χ3v) is 4.15. The fourth-order valence-electron chi connectivity index (χ4n) is 2.95. The predicted octanol–water partition coefficient (Wildman–Crippen LogP) is 3.22. The van der Waals surface area contributed by atoms with E-state index < -0.39 is 0 Å². The number of ether oxygens (including phenoxy) is 1. The van der Waals surface area contributed by atoms with E-state index in [-0.39, 0.29) is 11.9 Å². The number of anilines is 1. The average molecular weight is 296 g/mol. The highest BCUT2D eigenvalue weighted by atomic mass is 16.5. The molecule has 4 heteroatoms. The van der Waals surface area contributed by atoms with Gasteiger partial charge >= 0.3 is 0 Å². The Labute approximate surface area is 130 Å². The number of amides is 1. The van der Waals surface area contributed by atoms with Gasteiger partial charge in [-0.15, -0.1) is 0 Å². The fourth-order valence-corrected chi connectivity index (χ4v) is 2.95. The molecule has 1 fully saturated rings. The first kappa shape index (κ1) is 14.6. The molecule has 1 aliphatic heterocycles. The van der Waals surface area contributed by atoms with E-state index in [0.717, 1.165) is 30.8 Å². The summed E-state index contributed by atoms with van der Waals surface area (Å²) in [4.78, 5) is 18.3. The summed E-state index contributed by atoms with van der Waals surface area (Å²) >= 11 is 0. The minimum Gasteiger partial charge on any atom is -0.497 e. The molecule has 0 bridgehead atoms. The third-order valence-electron chi connectivity index (χ3n) is 4.15. The van der Waals surface area contributed by atoms with E-state index in [1.165, 1.54) is 5.56 Å². The van der Waals surface area contributed by atoms with Crippen molar-refractivity contribution in [3.63, 3.8) is 0 Å². The molecule has 1 atom stereocenters. The second-order valence-corrected chi connectivity index (χ2v) is 5.53. The Morgan fingerprint density at radius 2 is 2.05 bits per heavy atom. The van der Waals surface area contributed by atoms with Gasteiger partial charge in [-0.2, -0.15) is 0 Å². The van der Waals surface area contributed by atoms with Crippen LogP contribution in [0.3, 0.4) is 0 Å². The molecule has 0 unspecified atom stereocenters. The Bertz CT molecular complexity index is 625. The molecule has 0 saturated carbocycles. The van der Waals surface area contributed by atoms with Gasteiger partial charge in [0.2, 0.25) is 5.91 Å². The highest BCUT2D eigenvalue weighted by Gasteiger charge is 2.32. The number of pyridine rings is 1. The maximum atomic E-state index is 12.1. The van der Waals surface area contributed by atoms with E-state index in [0.29, 0.717) is 6.42 Å². The van der Waals surface area contributed by atoms with E-state index in [1.54, 1.807) is 13.3 Å². The van der Waals surface area contributed by atoms with Crippen LogP contribution >= 0.6 is 0 Å². The van der Waals surface area contributed by atoms with Gasteiger partial charge in [0.05, 0.1) is 7.11 Å². The van der Waals surface area contributed by atoms with E-state index in [1.807, 2.05) is 35.2 Å². The van der Waals surface area contributed by atoms with E-state index in [4.69, 9.17) is 4.74 Å².